The van der Waals surface area contributed by atoms with Gasteiger partial charge in [-0.2, -0.15) is 4.90 Å². The Morgan fingerprint density at radius 2 is 1.90 bits per heavy atom. The monoisotopic (exact) mass is 544 g/mol. The number of phenols is 1. The van der Waals surface area contributed by atoms with Crippen LogP contribution in [0.25, 0.3) is 11.6 Å². The number of fused-ring (bicyclic) bond motifs is 3. The molecule has 5 rings (SSSR count). The molecule has 4 atom stereocenters. The summed E-state index contributed by atoms with van der Waals surface area (Å²) in [6.45, 7) is 5.65. The molecule has 0 radical (unpaired) electrons. The SMILES string of the molecule is COC(=O)N1C(=O)[C@@H]2[C@@H](CC(C)=C3[C@@H](CC/C(=C/c4cc(C)c(O)c(C)c4)c4ccccn4)OB(O)C[C@@H]32)C1=O. The highest BCUT2D eigenvalue weighted by molar-refractivity contribution is 6.43. The summed E-state index contributed by atoms with van der Waals surface area (Å²) in [7, 11) is 0.0340. The average Bonchev–Trinajstić information content (AvgIpc) is 3.18. The van der Waals surface area contributed by atoms with Crippen LogP contribution in [0.4, 0.5) is 4.79 Å². The Bertz CT molecular complexity index is 1400. The molecule has 1 aromatic heterocycles. The molecule has 40 heavy (non-hydrogen) atoms. The number of aromatic nitrogens is 1. The van der Waals surface area contributed by atoms with Gasteiger partial charge in [0.05, 0.1) is 30.7 Å². The molecular formula is C30H33BN2O7. The molecule has 0 spiro atoms. The Labute approximate surface area is 233 Å². The van der Waals surface area contributed by atoms with Crippen molar-refractivity contribution in [3.8, 4) is 5.75 Å². The van der Waals surface area contributed by atoms with Gasteiger partial charge in [-0.25, -0.2) is 4.79 Å². The summed E-state index contributed by atoms with van der Waals surface area (Å²) >= 11 is 0. The van der Waals surface area contributed by atoms with Crippen molar-refractivity contribution in [3.63, 3.8) is 0 Å². The predicted molar refractivity (Wildman–Crippen MR) is 149 cm³/mol. The first-order chi connectivity index (χ1) is 19.1. The van der Waals surface area contributed by atoms with Crippen molar-refractivity contribution in [3.05, 3.63) is 70.1 Å². The van der Waals surface area contributed by atoms with Gasteiger partial charge in [0, 0.05) is 6.20 Å². The van der Waals surface area contributed by atoms with E-state index in [2.05, 4.69) is 4.98 Å². The van der Waals surface area contributed by atoms with Gasteiger partial charge in [0.2, 0.25) is 11.8 Å². The maximum atomic E-state index is 13.3. The van der Waals surface area contributed by atoms with Crippen LogP contribution in [0.3, 0.4) is 0 Å². The van der Waals surface area contributed by atoms with Gasteiger partial charge in [-0.15, -0.1) is 0 Å². The third kappa shape index (κ3) is 4.97. The number of carbonyl (C=O) groups excluding carboxylic acids is 3. The first-order valence-electron chi connectivity index (χ1n) is 13.5. The number of methoxy groups -OCH3 is 1. The number of benzene rings is 1. The fourth-order valence-corrected chi connectivity index (χ4v) is 6.58. The van der Waals surface area contributed by atoms with Gasteiger partial charge in [0.15, 0.2) is 0 Å². The Balaban J connectivity index is 1.45. The number of amides is 3. The largest absolute Gasteiger partial charge is 0.507 e. The number of imide groups is 3. The summed E-state index contributed by atoms with van der Waals surface area (Å²) in [5.41, 5.74) is 6.13. The lowest BCUT2D eigenvalue weighted by atomic mass is 9.58. The van der Waals surface area contributed by atoms with Crippen molar-refractivity contribution in [2.45, 2.75) is 52.5 Å². The number of carbonyl (C=O) groups is 3. The Kier molecular flexibility index (Phi) is 7.66. The number of ether oxygens (including phenoxy) is 1. The molecule has 0 bridgehead atoms. The van der Waals surface area contributed by atoms with Gasteiger partial charge < -0.3 is 19.5 Å². The van der Waals surface area contributed by atoms with Crippen molar-refractivity contribution < 1.29 is 33.9 Å². The first kappa shape index (κ1) is 27.8. The van der Waals surface area contributed by atoms with Gasteiger partial charge in [-0.05, 0) is 110 Å². The maximum Gasteiger partial charge on any atom is 0.455 e. The van der Waals surface area contributed by atoms with Gasteiger partial charge in [-0.3, -0.25) is 14.6 Å². The molecule has 2 aromatic rings. The van der Waals surface area contributed by atoms with Crippen LogP contribution in [-0.4, -0.2) is 58.3 Å². The van der Waals surface area contributed by atoms with Crippen LogP contribution in [0.2, 0.25) is 6.32 Å². The standard InChI is InChI=1S/C30H33BN2O7/c1-16-13-21-26(29(36)33(28(21)35)30(37)39-4)22-15-31(38)40-24(25(16)22)9-8-20(23-7-5-6-10-32-23)14-19-11-17(2)27(34)18(3)12-19/h5-7,10-12,14,21-22,24,26,34,38H,8-9,13,15H2,1-4H3/b20-14-/t21-,22+,24-,26-/m1/s1. The molecule has 208 valence electrons. The second-order valence-corrected chi connectivity index (χ2v) is 10.9. The summed E-state index contributed by atoms with van der Waals surface area (Å²) in [6, 6.07) is 9.55. The zero-order chi connectivity index (χ0) is 28.7. The Morgan fingerprint density at radius 3 is 2.55 bits per heavy atom. The van der Waals surface area contributed by atoms with Crippen LogP contribution in [0.5, 0.6) is 5.75 Å². The molecule has 2 N–H and O–H groups in total. The molecule has 10 heteroatoms. The van der Waals surface area contributed by atoms with Gasteiger partial charge in [0.25, 0.3) is 0 Å². The van der Waals surface area contributed by atoms with Crippen molar-refractivity contribution in [2.24, 2.45) is 17.8 Å². The normalized spacial score (nSPS) is 24.8. The van der Waals surface area contributed by atoms with E-state index >= 15 is 0 Å². The van der Waals surface area contributed by atoms with E-state index in [1.807, 2.05) is 57.2 Å². The van der Waals surface area contributed by atoms with E-state index in [1.165, 1.54) is 0 Å². The average molecular weight is 544 g/mol. The number of hydrogen-bond acceptors (Lipinski definition) is 8. The fraction of sp³-hybridized carbons (Fsp3) is 0.400. The van der Waals surface area contributed by atoms with Crippen molar-refractivity contribution in [1.82, 2.24) is 9.88 Å². The van der Waals surface area contributed by atoms with Crippen LogP contribution in [0.15, 0.2) is 47.7 Å². The number of aromatic hydroxyl groups is 1. The molecule has 2 saturated heterocycles. The van der Waals surface area contributed by atoms with E-state index in [0.29, 0.717) is 24.2 Å². The number of nitrogens with zero attached hydrogens (tertiary/aromatic N) is 2. The second-order valence-electron chi connectivity index (χ2n) is 10.9. The summed E-state index contributed by atoms with van der Waals surface area (Å²) in [4.78, 5) is 43.7. The Hall–Kier alpha value is -3.76. The molecule has 2 aliphatic heterocycles. The summed E-state index contributed by atoms with van der Waals surface area (Å²) in [6.07, 6.45) is 3.93. The van der Waals surface area contributed by atoms with E-state index < -0.39 is 48.9 Å². The van der Waals surface area contributed by atoms with Crippen molar-refractivity contribution >= 4 is 36.7 Å². The summed E-state index contributed by atoms with van der Waals surface area (Å²) in [5.74, 6) is -2.65. The highest BCUT2D eigenvalue weighted by Crippen LogP contribution is 2.50. The van der Waals surface area contributed by atoms with Crippen LogP contribution in [-0.2, 0) is 19.0 Å². The lowest BCUT2D eigenvalue weighted by molar-refractivity contribution is -0.137. The van der Waals surface area contributed by atoms with Crippen molar-refractivity contribution in [1.29, 1.82) is 0 Å². The van der Waals surface area contributed by atoms with E-state index in [0.717, 1.165) is 46.2 Å². The zero-order valence-electron chi connectivity index (χ0n) is 23.1. The summed E-state index contributed by atoms with van der Waals surface area (Å²) in [5, 5.41) is 20.9. The highest BCUT2D eigenvalue weighted by Gasteiger charge is 2.58. The van der Waals surface area contributed by atoms with Crippen LogP contribution in [0.1, 0.15) is 48.6 Å². The minimum Gasteiger partial charge on any atom is -0.507 e. The number of rotatable bonds is 5. The molecule has 0 saturated carbocycles. The lowest BCUT2D eigenvalue weighted by Crippen LogP contribution is -2.46. The smallest absolute Gasteiger partial charge is 0.455 e. The van der Waals surface area contributed by atoms with E-state index in [-0.39, 0.29) is 12.1 Å². The number of hydrogen-bond donors (Lipinski definition) is 2. The quantitative estimate of drug-likeness (QED) is 0.324. The third-order valence-corrected chi connectivity index (χ3v) is 8.33. The molecule has 3 aliphatic rings. The number of phenolic OH excluding ortho intramolecular Hbond substituents is 1. The zero-order valence-corrected chi connectivity index (χ0v) is 23.1. The van der Waals surface area contributed by atoms with E-state index in [1.54, 1.807) is 6.20 Å². The van der Waals surface area contributed by atoms with Gasteiger partial charge >= 0.3 is 13.2 Å². The van der Waals surface area contributed by atoms with Crippen LogP contribution in [0, 0.1) is 31.6 Å². The number of allylic oxidation sites excluding steroid dienone is 2. The van der Waals surface area contributed by atoms with Crippen molar-refractivity contribution in [2.75, 3.05) is 7.11 Å². The highest BCUT2D eigenvalue weighted by atomic mass is 16.5. The molecule has 3 amide bonds. The third-order valence-electron chi connectivity index (χ3n) is 8.33. The molecule has 2 fully saturated rings. The predicted octanol–water partition coefficient (Wildman–Crippen LogP) is 4.31. The number of pyridine rings is 1. The molecule has 1 aliphatic carbocycles. The molecule has 1 aromatic carbocycles. The molecule has 3 heterocycles. The number of aryl methyl sites for hydroxylation is 2. The Morgan fingerprint density at radius 1 is 1.18 bits per heavy atom. The van der Waals surface area contributed by atoms with E-state index in [9.17, 15) is 24.5 Å². The molecule has 0 unspecified atom stereocenters. The molecule has 9 nitrogen and oxygen atoms in total. The van der Waals surface area contributed by atoms with Gasteiger partial charge in [-0.1, -0.05) is 11.6 Å². The minimum atomic E-state index is -1.11. The van der Waals surface area contributed by atoms with Crippen LogP contribution >= 0.6 is 0 Å². The number of likely N-dealkylation sites (tertiary alicyclic amines) is 1. The fourth-order valence-electron chi connectivity index (χ4n) is 6.58. The second kappa shape index (κ2) is 11.0. The minimum absolute atomic E-state index is 0.174. The van der Waals surface area contributed by atoms with E-state index in [4.69, 9.17) is 9.39 Å². The summed E-state index contributed by atoms with van der Waals surface area (Å²) < 4.78 is 10.7. The maximum absolute atomic E-state index is 13.3. The lowest BCUT2D eigenvalue weighted by Gasteiger charge is -2.42. The molecular weight excluding hydrogens is 511 g/mol. The van der Waals surface area contributed by atoms with Gasteiger partial charge in [0.1, 0.15) is 5.75 Å². The van der Waals surface area contributed by atoms with Crippen LogP contribution < -0.4 is 0 Å². The topological polar surface area (TPSA) is 126 Å². The first-order valence-corrected chi connectivity index (χ1v) is 13.5.